The maximum atomic E-state index is 15.0. The summed E-state index contributed by atoms with van der Waals surface area (Å²) in [6.45, 7) is 8.29. The molecular formula is C29H35F3N4OS. The van der Waals surface area contributed by atoms with E-state index in [-0.39, 0.29) is 29.7 Å². The number of thiophene rings is 1. The number of hydrogen-bond acceptors (Lipinski definition) is 5. The number of nitrogens with one attached hydrogen (secondary N) is 1. The lowest BCUT2D eigenvalue weighted by atomic mass is 9.61. The first-order valence-electron chi connectivity index (χ1n) is 13.5. The Morgan fingerprint density at radius 3 is 2.53 bits per heavy atom. The topological polar surface area (TPSA) is 48.5 Å². The van der Waals surface area contributed by atoms with Gasteiger partial charge in [0.2, 0.25) is 5.92 Å². The molecule has 0 bridgehead atoms. The molecule has 1 aliphatic carbocycles. The fourth-order valence-electron chi connectivity index (χ4n) is 5.94. The van der Waals surface area contributed by atoms with Crippen molar-refractivity contribution in [3.8, 4) is 11.3 Å². The zero-order chi connectivity index (χ0) is 26.9. The van der Waals surface area contributed by atoms with E-state index < -0.39 is 11.7 Å². The zero-order valence-electron chi connectivity index (χ0n) is 22.0. The summed E-state index contributed by atoms with van der Waals surface area (Å²) >= 11 is 1.61. The third-order valence-electron chi connectivity index (χ3n) is 8.11. The summed E-state index contributed by atoms with van der Waals surface area (Å²) in [4.78, 5) is 21.4. The molecule has 204 valence electrons. The van der Waals surface area contributed by atoms with Crippen LogP contribution in [0.1, 0.15) is 56.3 Å². The van der Waals surface area contributed by atoms with Crippen LogP contribution in [0.15, 0.2) is 35.7 Å². The van der Waals surface area contributed by atoms with Gasteiger partial charge in [-0.05, 0) is 87.8 Å². The highest BCUT2D eigenvalue weighted by molar-refractivity contribution is 7.17. The van der Waals surface area contributed by atoms with Crippen molar-refractivity contribution in [2.75, 3.05) is 44.6 Å². The second kappa shape index (κ2) is 10.8. The normalized spacial score (nSPS) is 18.4. The van der Waals surface area contributed by atoms with Crippen molar-refractivity contribution < 1.29 is 18.0 Å². The number of carbonyl (C=O) groups excluding carboxylic acids is 1. The summed E-state index contributed by atoms with van der Waals surface area (Å²) in [5, 5.41) is 5.53. The van der Waals surface area contributed by atoms with Crippen LogP contribution in [0.5, 0.6) is 0 Å². The molecule has 0 radical (unpaired) electrons. The molecular weight excluding hydrogens is 509 g/mol. The highest BCUT2D eigenvalue weighted by atomic mass is 32.1. The standard InChI is InChI=1S/C29H35F3N4OS/c1-3-36(4-2)27(37)21-7-6-20(16-22(21)30)24-17-25(26-23(34-24)8-15-38-26)33-11-5-12-35-13-9-28(10-14-35)18-29(31,32)19-28/h6-8,15-17H,3-5,9-14,18-19H2,1-2H3,(H,33,34). The number of nitrogens with zero attached hydrogens (tertiary/aromatic N) is 3. The minimum Gasteiger partial charge on any atom is -0.384 e. The van der Waals surface area contributed by atoms with Gasteiger partial charge in [0.15, 0.2) is 0 Å². The monoisotopic (exact) mass is 544 g/mol. The number of pyridine rings is 1. The van der Waals surface area contributed by atoms with Gasteiger partial charge >= 0.3 is 0 Å². The first-order chi connectivity index (χ1) is 18.2. The van der Waals surface area contributed by atoms with Crippen molar-refractivity contribution in [3.63, 3.8) is 0 Å². The second-order valence-corrected chi connectivity index (χ2v) is 11.6. The second-order valence-electron chi connectivity index (χ2n) is 10.7. The Bertz CT molecular complexity index is 1290. The Hall–Kier alpha value is -2.65. The highest BCUT2D eigenvalue weighted by Crippen LogP contribution is 2.57. The molecule has 1 saturated heterocycles. The van der Waals surface area contributed by atoms with Gasteiger partial charge in [-0.15, -0.1) is 11.3 Å². The molecule has 1 N–H and O–H groups in total. The Morgan fingerprint density at radius 2 is 1.87 bits per heavy atom. The van der Waals surface area contributed by atoms with E-state index in [1.807, 2.05) is 31.4 Å². The number of hydrogen-bond donors (Lipinski definition) is 1. The predicted octanol–water partition coefficient (Wildman–Crippen LogP) is 6.90. The van der Waals surface area contributed by atoms with Crippen LogP contribution in [0.3, 0.4) is 0 Å². The minimum absolute atomic E-state index is 0.0649. The third kappa shape index (κ3) is 5.54. The van der Waals surface area contributed by atoms with Crippen molar-refractivity contribution in [2.45, 2.75) is 51.9 Å². The Labute approximate surface area is 226 Å². The fraction of sp³-hybridized carbons (Fsp3) is 0.517. The molecule has 2 fully saturated rings. The summed E-state index contributed by atoms with van der Waals surface area (Å²) in [7, 11) is 0. The summed E-state index contributed by atoms with van der Waals surface area (Å²) in [5.74, 6) is -3.30. The fourth-order valence-corrected chi connectivity index (χ4v) is 6.77. The quantitative estimate of drug-likeness (QED) is 0.298. The Balaban J connectivity index is 1.22. The van der Waals surface area contributed by atoms with Gasteiger partial charge in [-0.1, -0.05) is 6.07 Å². The van der Waals surface area contributed by atoms with Crippen LogP contribution in [0.2, 0.25) is 0 Å². The van der Waals surface area contributed by atoms with Crippen molar-refractivity contribution in [1.82, 2.24) is 14.8 Å². The molecule has 3 heterocycles. The lowest BCUT2D eigenvalue weighted by molar-refractivity contribution is -0.177. The van der Waals surface area contributed by atoms with Crippen LogP contribution in [0.25, 0.3) is 21.5 Å². The maximum Gasteiger partial charge on any atom is 0.256 e. The van der Waals surface area contributed by atoms with Gasteiger partial charge in [-0.2, -0.15) is 0 Å². The number of anilines is 1. The van der Waals surface area contributed by atoms with Crippen LogP contribution in [-0.2, 0) is 0 Å². The summed E-state index contributed by atoms with van der Waals surface area (Å²) in [6.07, 6.45) is 2.81. The SMILES string of the molecule is CCN(CC)C(=O)c1ccc(-c2cc(NCCCN3CCC4(CC3)CC(F)(F)C4)c3sccc3n2)cc1F. The number of carbonyl (C=O) groups is 1. The summed E-state index contributed by atoms with van der Waals surface area (Å²) in [5.41, 5.74) is 3.03. The average Bonchev–Trinajstić information content (AvgIpc) is 3.36. The van der Waals surface area contributed by atoms with E-state index in [1.165, 1.54) is 6.07 Å². The van der Waals surface area contributed by atoms with Crippen LogP contribution in [0.4, 0.5) is 18.9 Å². The van der Waals surface area contributed by atoms with Gasteiger partial charge in [-0.3, -0.25) is 4.79 Å². The molecule has 3 aromatic rings. The first kappa shape index (κ1) is 26.9. The molecule has 1 spiro atoms. The van der Waals surface area contributed by atoms with Gasteiger partial charge in [0.25, 0.3) is 5.91 Å². The van der Waals surface area contributed by atoms with Crippen LogP contribution < -0.4 is 5.32 Å². The summed E-state index contributed by atoms with van der Waals surface area (Å²) < 4.78 is 42.8. The van der Waals surface area contributed by atoms with E-state index >= 15 is 0 Å². The molecule has 1 aromatic carbocycles. The van der Waals surface area contributed by atoms with Crippen molar-refractivity contribution >= 4 is 33.1 Å². The largest absolute Gasteiger partial charge is 0.384 e. The van der Waals surface area contributed by atoms with Gasteiger partial charge in [0.05, 0.1) is 27.2 Å². The number of fused-ring (bicyclic) bond motifs is 1. The van der Waals surface area contributed by atoms with E-state index in [0.717, 1.165) is 61.3 Å². The first-order valence-corrected chi connectivity index (χ1v) is 14.4. The molecule has 1 aliphatic heterocycles. The van der Waals surface area contributed by atoms with E-state index in [1.54, 1.807) is 28.4 Å². The maximum absolute atomic E-state index is 15.0. The number of benzene rings is 1. The number of piperidine rings is 1. The number of amides is 1. The van der Waals surface area contributed by atoms with Crippen molar-refractivity contribution in [2.24, 2.45) is 5.41 Å². The molecule has 0 atom stereocenters. The van der Waals surface area contributed by atoms with E-state index in [0.29, 0.717) is 24.3 Å². The Kier molecular flexibility index (Phi) is 7.69. The number of alkyl halides is 2. The smallest absolute Gasteiger partial charge is 0.256 e. The van der Waals surface area contributed by atoms with E-state index in [2.05, 4.69) is 10.2 Å². The van der Waals surface area contributed by atoms with Gasteiger partial charge in [0.1, 0.15) is 5.82 Å². The molecule has 1 saturated carbocycles. The lowest BCUT2D eigenvalue weighted by Gasteiger charge is -2.51. The van der Waals surface area contributed by atoms with Crippen molar-refractivity contribution in [1.29, 1.82) is 0 Å². The highest BCUT2D eigenvalue weighted by Gasteiger charge is 2.56. The number of halogens is 3. The minimum atomic E-state index is -2.45. The third-order valence-corrected chi connectivity index (χ3v) is 9.04. The molecule has 2 aromatic heterocycles. The van der Waals surface area contributed by atoms with Crippen LogP contribution in [0, 0.1) is 11.2 Å². The zero-order valence-corrected chi connectivity index (χ0v) is 22.9. The van der Waals surface area contributed by atoms with E-state index in [9.17, 15) is 18.0 Å². The number of likely N-dealkylation sites (tertiary alicyclic amines) is 1. The molecule has 5 rings (SSSR count). The molecule has 5 nitrogen and oxygen atoms in total. The van der Waals surface area contributed by atoms with Crippen molar-refractivity contribution in [3.05, 3.63) is 47.1 Å². The summed E-state index contributed by atoms with van der Waals surface area (Å²) in [6, 6.07) is 8.59. The van der Waals surface area contributed by atoms with Crippen LogP contribution >= 0.6 is 11.3 Å². The Morgan fingerprint density at radius 1 is 1.13 bits per heavy atom. The molecule has 38 heavy (non-hydrogen) atoms. The molecule has 9 heteroatoms. The molecule has 1 amide bonds. The number of aromatic nitrogens is 1. The molecule has 0 unspecified atom stereocenters. The van der Waals surface area contributed by atoms with Gasteiger partial charge in [-0.25, -0.2) is 18.2 Å². The molecule has 2 aliphatic rings. The van der Waals surface area contributed by atoms with E-state index in [4.69, 9.17) is 4.98 Å². The van der Waals surface area contributed by atoms with Gasteiger partial charge < -0.3 is 15.1 Å². The number of rotatable bonds is 9. The average molecular weight is 545 g/mol. The lowest BCUT2D eigenvalue weighted by Crippen LogP contribution is -2.52. The predicted molar refractivity (Wildman–Crippen MR) is 148 cm³/mol. The van der Waals surface area contributed by atoms with Crippen LogP contribution in [-0.4, -0.2) is 65.9 Å². The van der Waals surface area contributed by atoms with Gasteiger partial charge in [0, 0.05) is 38.0 Å².